The third kappa shape index (κ3) is 3.59. The fourth-order valence-electron chi connectivity index (χ4n) is 4.10. The van der Waals surface area contributed by atoms with Crippen LogP contribution in [0, 0.1) is 9.54 Å². The summed E-state index contributed by atoms with van der Waals surface area (Å²) in [7, 11) is 2.89. The second kappa shape index (κ2) is 9.03. The molecule has 0 saturated carbocycles. The second-order valence-corrected chi connectivity index (χ2v) is 8.18. The summed E-state index contributed by atoms with van der Waals surface area (Å²) in [5.41, 5.74) is -1.16. The summed E-state index contributed by atoms with van der Waals surface area (Å²) >= 11 is 10.6. The van der Waals surface area contributed by atoms with Crippen LogP contribution in [0.2, 0.25) is 0 Å². The Labute approximate surface area is 203 Å². The number of ketones is 1. The molecule has 12 heteroatoms. The van der Waals surface area contributed by atoms with Gasteiger partial charge in [-0.1, -0.05) is 0 Å². The average molecular weight is 503 g/mol. The molecule has 0 unspecified atom stereocenters. The largest absolute Gasteiger partial charge is 0.497 e. The minimum atomic E-state index is -1.31. The maximum Gasteiger partial charge on any atom is 0.259 e. The Hall–Kier alpha value is -3.51. The molecule has 34 heavy (non-hydrogen) atoms. The van der Waals surface area contributed by atoms with Gasteiger partial charge in [0.25, 0.3) is 11.1 Å². The van der Waals surface area contributed by atoms with Crippen molar-refractivity contribution in [3.05, 3.63) is 65.1 Å². The maximum absolute atomic E-state index is 14.1. The van der Waals surface area contributed by atoms with Crippen LogP contribution in [0.3, 0.4) is 0 Å². The minimum Gasteiger partial charge on any atom is -0.497 e. The van der Waals surface area contributed by atoms with Gasteiger partial charge in [0.1, 0.15) is 11.5 Å². The Kier molecular flexibility index (Phi) is 6.28. The number of carbonyl (C=O) groups is 1. The quantitative estimate of drug-likeness (QED) is 0.389. The van der Waals surface area contributed by atoms with Crippen LogP contribution >= 0.6 is 24.4 Å². The van der Waals surface area contributed by atoms with Crippen LogP contribution in [0.5, 0.6) is 23.3 Å². The third-order valence-electron chi connectivity index (χ3n) is 5.71. The Balaban J connectivity index is 2.14. The summed E-state index contributed by atoms with van der Waals surface area (Å²) < 4.78 is 20.2. The van der Waals surface area contributed by atoms with Crippen LogP contribution in [0.15, 0.2) is 27.8 Å². The van der Waals surface area contributed by atoms with Crippen molar-refractivity contribution < 1.29 is 19.0 Å². The molecule has 1 aliphatic heterocycles. The van der Waals surface area contributed by atoms with Gasteiger partial charge in [-0.05, 0) is 56.5 Å². The molecule has 0 spiro atoms. The number of aromatic amines is 2. The van der Waals surface area contributed by atoms with Gasteiger partial charge in [-0.25, -0.2) is 0 Å². The van der Waals surface area contributed by atoms with E-state index in [4.69, 9.17) is 38.6 Å². The number of nitrogens with zero attached hydrogens (tertiary/aromatic N) is 2. The molecule has 2 N–H and O–H groups in total. The van der Waals surface area contributed by atoms with Crippen molar-refractivity contribution in [3.63, 3.8) is 0 Å². The smallest absolute Gasteiger partial charge is 0.259 e. The Morgan fingerprint density at radius 1 is 0.971 bits per heavy atom. The number of H-pyrrole nitrogens is 2. The van der Waals surface area contributed by atoms with Crippen molar-refractivity contribution in [2.75, 3.05) is 14.2 Å². The zero-order valence-electron chi connectivity index (χ0n) is 18.9. The first kappa shape index (κ1) is 23.6. The van der Waals surface area contributed by atoms with Crippen LogP contribution in [-0.2, 0) is 13.1 Å². The molecular formula is C22H22N4O6S2. The number of aromatic nitrogens is 4. The highest BCUT2D eigenvalue weighted by molar-refractivity contribution is 7.71. The molecule has 0 aliphatic carbocycles. The Morgan fingerprint density at radius 2 is 1.50 bits per heavy atom. The number of rotatable bonds is 6. The van der Waals surface area contributed by atoms with E-state index < -0.39 is 22.8 Å². The Bertz CT molecular complexity index is 1470. The number of Topliss-reactive ketones (excluding diaryl/α,β-unsaturated/α-hetero) is 1. The van der Waals surface area contributed by atoms with E-state index in [1.54, 1.807) is 21.3 Å². The van der Waals surface area contributed by atoms with E-state index in [1.165, 1.54) is 20.3 Å². The van der Waals surface area contributed by atoms with Crippen LogP contribution in [-0.4, -0.2) is 39.1 Å². The van der Waals surface area contributed by atoms with Gasteiger partial charge in [0.15, 0.2) is 15.3 Å². The van der Waals surface area contributed by atoms with Crippen molar-refractivity contribution in [2.24, 2.45) is 0 Å². The van der Waals surface area contributed by atoms with Gasteiger partial charge in [-0.15, -0.1) is 0 Å². The van der Waals surface area contributed by atoms with Gasteiger partial charge >= 0.3 is 0 Å². The number of fused-ring (bicyclic) bond motifs is 2. The van der Waals surface area contributed by atoms with Gasteiger partial charge in [0.05, 0.1) is 36.8 Å². The molecule has 0 amide bonds. The molecule has 178 valence electrons. The first-order valence-electron chi connectivity index (χ1n) is 10.4. The molecule has 3 aromatic rings. The van der Waals surface area contributed by atoms with Crippen molar-refractivity contribution in [1.82, 2.24) is 19.1 Å². The van der Waals surface area contributed by atoms with Gasteiger partial charge in [0.2, 0.25) is 11.8 Å². The zero-order chi connectivity index (χ0) is 24.7. The van der Waals surface area contributed by atoms with Crippen LogP contribution < -0.4 is 25.3 Å². The lowest BCUT2D eigenvalue weighted by Crippen LogP contribution is -2.36. The lowest BCUT2D eigenvalue weighted by Gasteiger charge is -2.29. The molecule has 0 atom stereocenters. The van der Waals surface area contributed by atoms with E-state index in [1.807, 2.05) is 13.8 Å². The Morgan fingerprint density at radius 3 is 1.94 bits per heavy atom. The fraction of sp³-hybridized carbons (Fsp3) is 0.318. The molecule has 1 aromatic carbocycles. The summed E-state index contributed by atoms with van der Waals surface area (Å²) in [6.07, 6.45) is 0. The highest BCUT2D eigenvalue weighted by Crippen LogP contribution is 2.43. The van der Waals surface area contributed by atoms with Gasteiger partial charge in [-0.3, -0.25) is 33.5 Å². The molecule has 0 saturated heterocycles. The number of ether oxygens (including phenoxy) is 3. The molecule has 3 heterocycles. The fourth-order valence-corrected chi connectivity index (χ4v) is 4.71. The number of hydrogen-bond donors (Lipinski definition) is 2. The van der Waals surface area contributed by atoms with Gasteiger partial charge in [-0.2, -0.15) is 0 Å². The molecule has 4 rings (SSSR count). The molecule has 2 aromatic heterocycles. The van der Waals surface area contributed by atoms with Gasteiger partial charge < -0.3 is 14.2 Å². The monoisotopic (exact) mass is 502 g/mol. The molecule has 0 radical (unpaired) electrons. The number of benzene rings is 1. The van der Waals surface area contributed by atoms with E-state index in [-0.39, 0.29) is 43.7 Å². The van der Waals surface area contributed by atoms with Crippen LogP contribution in [0.4, 0.5) is 0 Å². The predicted octanol–water partition coefficient (Wildman–Crippen LogP) is 3.30. The van der Waals surface area contributed by atoms with Gasteiger partial charge in [0, 0.05) is 13.1 Å². The highest BCUT2D eigenvalue weighted by atomic mass is 32.1. The van der Waals surface area contributed by atoms with E-state index >= 15 is 0 Å². The van der Waals surface area contributed by atoms with E-state index in [9.17, 15) is 14.4 Å². The minimum absolute atomic E-state index is 0.0249. The molecule has 0 bridgehead atoms. The topological polar surface area (TPSA) is 120 Å². The lowest BCUT2D eigenvalue weighted by atomic mass is 9.84. The first-order chi connectivity index (χ1) is 16.3. The van der Waals surface area contributed by atoms with Crippen molar-refractivity contribution in [2.45, 2.75) is 32.9 Å². The average Bonchev–Trinajstić information content (AvgIpc) is 2.82. The lowest BCUT2D eigenvalue weighted by molar-refractivity contribution is 0.0962. The standard InChI is InChI=1S/C22H22N4O6S2/c1-5-25-19-14(17(28)23-21(25)33)13(15-18(29)24-22(34)26(6-2)20(15)32-19)16(27)11-9-10(30-3)7-8-12(11)31-4/h7-9,13H,5-6H2,1-4H3,(H,23,28,33)(H,24,29,34). The van der Waals surface area contributed by atoms with Crippen molar-refractivity contribution >= 4 is 30.2 Å². The SMILES string of the molecule is CCn1c2c(c(=O)[nH]c1=S)C(C(=O)c1cc(OC)ccc1OC)c1c(n(CC)c(=S)[nH]c1=O)O2. The number of nitrogens with one attached hydrogen (secondary N) is 2. The predicted molar refractivity (Wildman–Crippen MR) is 129 cm³/mol. The highest BCUT2D eigenvalue weighted by Gasteiger charge is 2.41. The van der Waals surface area contributed by atoms with Crippen LogP contribution in [0.1, 0.15) is 41.3 Å². The molecular weight excluding hydrogens is 480 g/mol. The van der Waals surface area contributed by atoms with Crippen molar-refractivity contribution in [1.29, 1.82) is 0 Å². The summed E-state index contributed by atoms with van der Waals surface area (Å²) in [5.74, 6) is -1.00. The number of carbonyl (C=O) groups excluding carboxylic acids is 1. The summed E-state index contributed by atoms with van der Waals surface area (Å²) in [4.78, 5) is 45.6. The third-order valence-corrected chi connectivity index (χ3v) is 6.35. The van der Waals surface area contributed by atoms with Crippen molar-refractivity contribution in [3.8, 4) is 23.3 Å². The maximum atomic E-state index is 14.1. The van der Waals surface area contributed by atoms with Crippen LogP contribution in [0.25, 0.3) is 0 Å². The number of methoxy groups -OCH3 is 2. The molecule has 10 nitrogen and oxygen atoms in total. The normalized spacial score (nSPS) is 12.5. The summed E-state index contributed by atoms with van der Waals surface area (Å²) in [6.45, 7) is 4.35. The van der Waals surface area contributed by atoms with E-state index in [0.29, 0.717) is 18.8 Å². The second-order valence-electron chi connectivity index (χ2n) is 7.41. The van der Waals surface area contributed by atoms with E-state index in [2.05, 4.69) is 9.97 Å². The van der Waals surface area contributed by atoms with E-state index in [0.717, 1.165) is 0 Å². The summed E-state index contributed by atoms with van der Waals surface area (Å²) in [6, 6.07) is 4.73. The zero-order valence-corrected chi connectivity index (χ0v) is 20.5. The first-order valence-corrected chi connectivity index (χ1v) is 11.3. The number of hydrogen-bond acceptors (Lipinski definition) is 8. The summed E-state index contributed by atoms with van der Waals surface area (Å²) in [5, 5.41) is 0. The molecule has 1 aliphatic rings. The molecule has 0 fully saturated rings.